The Morgan fingerprint density at radius 2 is 1.62 bits per heavy atom. The van der Waals surface area contributed by atoms with Crippen molar-refractivity contribution in [3.63, 3.8) is 0 Å². The van der Waals surface area contributed by atoms with E-state index in [2.05, 4.69) is 10.3 Å². The average molecular weight is 570 g/mol. The smallest absolute Gasteiger partial charge is 0.405 e. The van der Waals surface area contributed by atoms with E-state index in [9.17, 15) is 36.6 Å². The highest BCUT2D eigenvalue weighted by Gasteiger charge is 2.29. The highest BCUT2D eigenvalue weighted by molar-refractivity contribution is 6.31. The van der Waals surface area contributed by atoms with Crippen molar-refractivity contribution >= 4 is 45.8 Å². The molecule has 0 atom stereocenters. The summed E-state index contributed by atoms with van der Waals surface area (Å²) in [5.41, 5.74) is -1.47. The van der Waals surface area contributed by atoms with Crippen LogP contribution in [0.2, 0.25) is 5.02 Å². The van der Waals surface area contributed by atoms with Gasteiger partial charge in [0.15, 0.2) is 0 Å². The number of carboxylic acid groups (broad SMARTS) is 1. The summed E-state index contributed by atoms with van der Waals surface area (Å²) in [6.07, 6.45) is -3.86. The van der Waals surface area contributed by atoms with Crippen molar-refractivity contribution in [1.82, 2.24) is 10.3 Å². The summed E-state index contributed by atoms with van der Waals surface area (Å²) in [7, 11) is 0. The maximum Gasteiger partial charge on any atom is 0.405 e. The van der Waals surface area contributed by atoms with E-state index in [1.807, 2.05) is 0 Å². The number of pyridine rings is 1. The first-order chi connectivity index (χ1) is 18.3. The summed E-state index contributed by atoms with van der Waals surface area (Å²) >= 11 is 5.87. The highest BCUT2D eigenvalue weighted by atomic mass is 35.5. The molecule has 39 heavy (non-hydrogen) atoms. The monoisotopic (exact) mass is 569 g/mol. The van der Waals surface area contributed by atoms with E-state index in [1.54, 1.807) is 5.32 Å². The summed E-state index contributed by atoms with van der Waals surface area (Å²) in [4.78, 5) is 28.3. The fraction of sp³-hybridized carbons (Fsp3) is 0.0800. The van der Waals surface area contributed by atoms with Gasteiger partial charge in [0.05, 0.1) is 27.7 Å². The van der Waals surface area contributed by atoms with Crippen LogP contribution in [0.1, 0.15) is 20.7 Å². The number of aromatic nitrogens is 1. The van der Waals surface area contributed by atoms with Crippen molar-refractivity contribution in [2.45, 2.75) is 6.18 Å². The standard InChI is InChI=1S/C25H14ClF6N3O4/c26-12-3-19(29)21-20(4-12)33-9-18(23(36)34-10-25(30,31)32)22(21)35-15-1-11(24(37)38)2-16(8-15)39-17-6-13(27)5-14(28)7-17/h1-9H,10H2,(H,33,35)(H,34,36)(H,37,38). The minimum atomic E-state index is -4.75. The summed E-state index contributed by atoms with van der Waals surface area (Å²) < 4.78 is 85.7. The maximum atomic E-state index is 15.0. The van der Waals surface area contributed by atoms with Gasteiger partial charge in [0.2, 0.25) is 0 Å². The molecule has 7 nitrogen and oxygen atoms in total. The number of halogens is 7. The van der Waals surface area contributed by atoms with Gasteiger partial charge in [-0.25, -0.2) is 18.0 Å². The number of aromatic carboxylic acids is 1. The summed E-state index contributed by atoms with van der Waals surface area (Å²) in [6, 6.07) is 7.63. The Balaban J connectivity index is 1.83. The van der Waals surface area contributed by atoms with Crippen LogP contribution in [0.4, 0.5) is 37.7 Å². The van der Waals surface area contributed by atoms with Gasteiger partial charge in [-0.05, 0) is 24.3 Å². The maximum absolute atomic E-state index is 15.0. The molecule has 0 aliphatic heterocycles. The second kappa shape index (κ2) is 10.7. The molecule has 1 amide bonds. The van der Waals surface area contributed by atoms with Gasteiger partial charge in [0.1, 0.15) is 35.5 Å². The Kier molecular flexibility index (Phi) is 7.54. The molecule has 0 saturated carbocycles. The Labute approximate surface area is 220 Å². The van der Waals surface area contributed by atoms with Crippen molar-refractivity contribution < 1.29 is 45.8 Å². The minimum Gasteiger partial charge on any atom is -0.478 e. The Bertz CT molecular complexity index is 1590. The van der Waals surface area contributed by atoms with Gasteiger partial charge < -0.3 is 20.5 Å². The molecule has 0 saturated heterocycles. The van der Waals surface area contributed by atoms with Gasteiger partial charge in [-0.3, -0.25) is 9.78 Å². The van der Waals surface area contributed by atoms with Gasteiger partial charge >= 0.3 is 12.1 Å². The number of nitrogens with one attached hydrogen (secondary N) is 2. The third-order valence-corrected chi connectivity index (χ3v) is 5.29. The number of amides is 1. The Morgan fingerprint density at radius 3 is 2.26 bits per heavy atom. The summed E-state index contributed by atoms with van der Waals surface area (Å²) in [5, 5.41) is 13.4. The van der Waals surface area contributed by atoms with E-state index in [0.29, 0.717) is 6.07 Å². The number of rotatable bonds is 7. The largest absolute Gasteiger partial charge is 0.478 e. The fourth-order valence-corrected chi connectivity index (χ4v) is 3.74. The highest BCUT2D eigenvalue weighted by Crippen LogP contribution is 2.35. The van der Waals surface area contributed by atoms with Crippen molar-refractivity contribution in [3.05, 3.63) is 88.3 Å². The SMILES string of the molecule is O=C(O)c1cc(Nc2c(C(=O)NCC(F)(F)F)cnc3cc(Cl)cc(F)c23)cc(Oc2cc(F)cc(F)c2)c1. The molecule has 0 aliphatic carbocycles. The number of benzene rings is 3. The van der Waals surface area contributed by atoms with Crippen molar-refractivity contribution in [2.24, 2.45) is 0 Å². The number of hydrogen-bond acceptors (Lipinski definition) is 5. The van der Waals surface area contributed by atoms with Crippen molar-refractivity contribution in [1.29, 1.82) is 0 Å². The molecule has 0 aliphatic rings. The van der Waals surface area contributed by atoms with Crippen LogP contribution in [-0.4, -0.2) is 34.7 Å². The quantitative estimate of drug-likeness (QED) is 0.211. The van der Waals surface area contributed by atoms with Crippen LogP contribution in [-0.2, 0) is 0 Å². The number of carbonyl (C=O) groups is 2. The third-order valence-electron chi connectivity index (χ3n) is 5.07. The number of ether oxygens (including phenoxy) is 1. The van der Waals surface area contributed by atoms with Crippen LogP contribution in [0.3, 0.4) is 0 Å². The predicted octanol–water partition coefficient (Wildman–Crippen LogP) is 6.83. The second-order valence-corrected chi connectivity index (χ2v) is 8.45. The summed E-state index contributed by atoms with van der Waals surface area (Å²) in [6.45, 7) is -1.69. The van der Waals surface area contributed by atoms with Gasteiger partial charge in [-0.1, -0.05) is 11.6 Å². The number of hydrogen-bond donors (Lipinski definition) is 3. The van der Waals surface area contributed by atoms with E-state index in [0.717, 1.165) is 42.6 Å². The van der Waals surface area contributed by atoms with Crippen LogP contribution < -0.4 is 15.4 Å². The number of carboxylic acids is 1. The zero-order chi connectivity index (χ0) is 28.5. The van der Waals surface area contributed by atoms with Gasteiger partial charge in [0.25, 0.3) is 5.91 Å². The lowest BCUT2D eigenvalue weighted by Gasteiger charge is -2.17. The lowest BCUT2D eigenvalue weighted by Crippen LogP contribution is -2.34. The lowest BCUT2D eigenvalue weighted by molar-refractivity contribution is -0.123. The van der Waals surface area contributed by atoms with E-state index in [1.165, 1.54) is 6.07 Å². The van der Waals surface area contributed by atoms with Crippen LogP contribution in [0, 0.1) is 17.5 Å². The first kappa shape index (κ1) is 27.5. The van der Waals surface area contributed by atoms with Gasteiger partial charge in [-0.15, -0.1) is 0 Å². The van der Waals surface area contributed by atoms with Crippen LogP contribution in [0.15, 0.2) is 54.7 Å². The summed E-state index contributed by atoms with van der Waals surface area (Å²) in [5.74, 6) is -6.18. The molecule has 0 fully saturated rings. The Hall–Kier alpha value is -4.52. The molecule has 4 rings (SSSR count). The molecule has 1 aromatic heterocycles. The molecule has 0 radical (unpaired) electrons. The zero-order valence-electron chi connectivity index (χ0n) is 19.2. The average Bonchev–Trinajstić information content (AvgIpc) is 2.81. The van der Waals surface area contributed by atoms with Crippen LogP contribution in [0.25, 0.3) is 10.9 Å². The minimum absolute atomic E-state index is 0.0568. The topological polar surface area (TPSA) is 101 Å². The normalized spacial score (nSPS) is 11.4. The number of anilines is 2. The van der Waals surface area contributed by atoms with Gasteiger partial charge in [0, 0.05) is 41.2 Å². The second-order valence-electron chi connectivity index (χ2n) is 8.01. The molecule has 0 bridgehead atoms. The molecule has 4 aromatic rings. The molecule has 0 spiro atoms. The number of nitrogens with zero attached hydrogens (tertiary/aromatic N) is 1. The molecule has 14 heteroatoms. The van der Waals surface area contributed by atoms with Crippen molar-refractivity contribution in [3.8, 4) is 11.5 Å². The van der Waals surface area contributed by atoms with E-state index >= 15 is 4.39 Å². The fourth-order valence-electron chi connectivity index (χ4n) is 3.54. The molecule has 0 unspecified atom stereocenters. The van der Waals surface area contributed by atoms with Gasteiger partial charge in [-0.2, -0.15) is 13.2 Å². The number of alkyl halides is 3. The molecule has 3 N–H and O–H groups in total. The van der Waals surface area contributed by atoms with E-state index in [-0.39, 0.29) is 38.8 Å². The predicted molar refractivity (Wildman–Crippen MR) is 128 cm³/mol. The first-order valence-corrected chi connectivity index (χ1v) is 11.1. The lowest BCUT2D eigenvalue weighted by atomic mass is 10.1. The van der Waals surface area contributed by atoms with Crippen molar-refractivity contribution in [2.75, 3.05) is 11.9 Å². The molecular weight excluding hydrogens is 556 g/mol. The number of carbonyl (C=O) groups excluding carboxylic acids is 1. The van der Waals surface area contributed by atoms with E-state index < -0.39 is 53.2 Å². The zero-order valence-corrected chi connectivity index (χ0v) is 19.9. The van der Waals surface area contributed by atoms with E-state index in [4.69, 9.17) is 16.3 Å². The Morgan fingerprint density at radius 1 is 0.949 bits per heavy atom. The molecular formula is C25H14ClF6N3O4. The van der Waals surface area contributed by atoms with Crippen LogP contribution in [0.5, 0.6) is 11.5 Å². The molecule has 202 valence electrons. The third kappa shape index (κ3) is 6.68. The van der Waals surface area contributed by atoms with Crippen LogP contribution >= 0.6 is 11.6 Å². The first-order valence-electron chi connectivity index (χ1n) is 10.7. The number of fused-ring (bicyclic) bond motifs is 1. The molecule has 3 aromatic carbocycles. The molecule has 1 heterocycles.